The minimum atomic E-state index is 0.115. The van der Waals surface area contributed by atoms with Crippen LogP contribution in [-0.4, -0.2) is 11.9 Å². The molecule has 1 aromatic heterocycles. The average Bonchev–Trinajstić information content (AvgIpc) is 2.58. The van der Waals surface area contributed by atoms with Crippen molar-refractivity contribution in [1.29, 1.82) is 0 Å². The summed E-state index contributed by atoms with van der Waals surface area (Å²) in [5, 5.41) is 2.86. The summed E-state index contributed by atoms with van der Waals surface area (Å²) < 4.78 is 5.24. The van der Waals surface area contributed by atoms with E-state index in [4.69, 9.17) is 4.42 Å². The molecule has 0 aromatic carbocycles. The smallest absolute Gasteiger partial charge is 0.221 e. The van der Waals surface area contributed by atoms with Gasteiger partial charge in [0.2, 0.25) is 5.91 Å². The summed E-state index contributed by atoms with van der Waals surface area (Å²) in [5.74, 6) is 1.23. The third-order valence-electron chi connectivity index (χ3n) is 2.31. The van der Waals surface area contributed by atoms with E-state index in [1.54, 1.807) is 6.26 Å². The Morgan fingerprint density at radius 3 is 3.00 bits per heavy atom. The van der Waals surface area contributed by atoms with Gasteiger partial charge in [0.15, 0.2) is 0 Å². The molecule has 0 aliphatic carbocycles. The first-order chi connectivity index (χ1) is 5.77. The van der Waals surface area contributed by atoms with Crippen LogP contribution in [0, 0.1) is 0 Å². The first kappa shape index (κ1) is 7.40. The van der Waals surface area contributed by atoms with Crippen LogP contribution < -0.4 is 5.32 Å². The minimum Gasteiger partial charge on any atom is -0.469 e. The lowest BCUT2D eigenvalue weighted by Crippen LogP contribution is -2.24. The van der Waals surface area contributed by atoms with Gasteiger partial charge in [-0.05, 0) is 19.1 Å². The molecular weight excluding hydrogens is 154 g/mol. The molecule has 1 fully saturated rings. The maximum Gasteiger partial charge on any atom is 0.221 e. The molecule has 12 heavy (non-hydrogen) atoms. The zero-order valence-corrected chi connectivity index (χ0v) is 6.91. The number of hydrogen-bond acceptors (Lipinski definition) is 2. The highest BCUT2D eigenvalue weighted by atomic mass is 16.3. The van der Waals surface area contributed by atoms with E-state index in [9.17, 15) is 4.79 Å². The van der Waals surface area contributed by atoms with E-state index in [-0.39, 0.29) is 17.9 Å². The van der Waals surface area contributed by atoms with Crippen LogP contribution in [0.5, 0.6) is 0 Å². The van der Waals surface area contributed by atoms with Crippen molar-refractivity contribution in [2.45, 2.75) is 25.3 Å². The summed E-state index contributed by atoms with van der Waals surface area (Å²) in [6.07, 6.45) is 2.19. The topological polar surface area (TPSA) is 42.2 Å². The second-order valence-electron chi connectivity index (χ2n) is 3.18. The molecule has 1 aliphatic rings. The van der Waals surface area contributed by atoms with Crippen molar-refractivity contribution in [2.75, 3.05) is 0 Å². The summed E-state index contributed by atoms with van der Waals surface area (Å²) in [4.78, 5) is 11.0. The zero-order chi connectivity index (χ0) is 8.55. The van der Waals surface area contributed by atoms with Gasteiger partial charge in [-0.25, -0.2) is 0 Å². The van der Waals surface area contributed by atoms with Crippen LogP contribution in [0.4, 0.5) is 0 Å². The van der Waals surface area contributed by atoms with Gasteiger partial charge in [0, 0.05) is 18.4 Å². The second kappa shape index (κ2) is 2.66. The van der Waals surface area contributed by atoms with Crippen molar-refractivity contribution in [3.8, 4) is 0 Å². The second-order valence-corrected chi connectivity index (χ2v) is 3.18. The van der Waals surface area contributed by atoms with Crippen molar-refractivity contribution in [3.63, 3.8) is 0 Å². The lowest BCUT2D eigenvalue weighted by Gasteiger charge is -2.09. The fourth-order valence-corrected chi connectivity index (χ4v) is 1.64. The van der Waals surface area contributed by atoms with Crippen LogP contribution in [0.1, 0.15) is 25.0 Å². The van der Waals surface area contributed by atoms with E-state index in [1.165, 1.54) is 0 Å². The largest absolute Gasteiger partial charge is 0.469 e. The molecule has 1 N–H and O–H groups in total. The average molecular weight is 165 g/mol. The van der Waals surface area contributed by atoms with Crippen molar-refractivity contribution in [3.05, 3.63) is 24.2 Å². The van der Waals surface area contributed by atoms with Gasteiger partial charge in [0.1, 0.15) is 5.76 Å². The molecule has 0 spiro atoms. The number of hydrogen-bond donors (Lipinski definition) is 1. The number of carbonyl (C=O) groups is 1. The van der Waals surface area contributed by atoms with E-state index < -0.39 is 0 Å². The molecule has 1 saturated heterocycles. The van der Waals surface area contributed by atoms with Crippen LogP contribution in [0.3, 0.4) is 0 Å². The predicted molar refractivity (Wildman–Crippen MR) is 43.7 cm³/mol. The highest BCUT2D eigenvalue weighted by molar-refractivity contribution is 5.79. The molecular formula is C9H11NO2. The Bertz CT molecular complexity index is 279. The van der Waals surface area contributed by atoms with Gasteiger partial charge >= 0.3 is 0 Å². The van der Waals surface area contributed by atoms with Crippen LogP contribution in [0.25, 0.3) is 0 Å². The number of amides is 1. The first-order valence-electron chi connectivity index (χ1n) is 4.10. The van der Waals surface area contributed by atoms with Gasteiger partial charge in [0.25, 0.3) is 0 Å². The molecule has 0 bridgehead atoms. The van der Waals surface area contributed by atoms with Gasteiger partial charge in [-0.1, -0.05) is 0 Å². The fraction of sp³-hybridized carbons (Fsp3) is 0.444. The summed E-state index contributed by atoms with van der Waals surface area (Å²) in [6.45, 7) is 2.00. The Labute approximate surface area is 70.8 Å². The number of nitrogens with one attached hydrogen (secondary N) is 1. The SMILES string of the molecule is C[C@H]1NC(=O)C[C@H]1c1ccco1. The fourth-order valence-electron chi connectivity index (χ4n) is 1.64. The summed E-state index contributed by atoms with van der Waals surface area (Å²) in [5.41, 5.74) is 0. The first-order valence-corrected chi connectivity index (χ1v) is 4.10. The normalized spacial score (nSPS) is 28.9. The predicted octanol–water partition coefficient (Wildman–Crippen LogP) is 1.27. The van der Waals surface area contributed by atoms with Gasteiger partial charge < -0.3 is 9.73 Å². The Balaban J connectivity index is 2.20. The van der Waals surface area contributed by atoms with Crippen LogP contribution in [-0.2, 0) is 4.79 Å². The number of carbonyl (C=O) groups excluding carboxylic acids is 1. The van der Waals surface area contributed by atoms with Crippen LogP contribution in [0.15, 0.2) is 22.8 Å². The molecule has 1 aliphatic heterocycles. The molecule has 64 valence electrons. The van der Waals surface area contributed by atoms with Gasteiger partial charge in [-0.2, -0.15) is 0 Å². The highest BCUT2D eigenvalue weighted by Crippen LogP contribution is 2.27. The van der Waals surface area contributed by atoms with Crippen molar-refractivity contribution < 1.29 is 9.21 Å². The molecule has 1 aromatic rings. The molecule has 3 nitrogen and oxygen atoms in total. The lowest BCUT2D eigenvalue weighted by atomic mass is 9.99. The van der Waals surface area contributed by atoms with Gasteiger partial charge in [0.05, 0.1) is 6.26 Å². The molecule has 0 saturated carbocycles. The molecule has 2 rings (SSSR count). The minimum absolute atomic E-state index is 0.115. The molecule has 2 heterocycles. The zero-order valence-electron chi connectivity index (χ0n) is 6.91. The van der Waals surface area contributed by atoms with Crippen LogP contribution in [0.2, 0.25) is 0 Å². The molecule has 1 amide bonds. The summed E-state index contributed by atoms with van der Waals surface area (Å²) in [6, 6.07) is 3.97. The van der Waals surface area contributed by atoms with Crippen molar-refractivity contribution in [1.82, 2.24) is 5.32 Å². The molecule has 2 atom stereocenters. The number of rotatable bonds is 1. The maximum atomic E-state index is 11.0. The Morgan fingerprint density at radius 1 is 1.67 bits per heavy atom. The van der Waals surface area contributed by atoms with E-state index in [1.807, 2.05) is 19.1 Å². The van der Waals surface area contributed by atoms with E-state index in [2.05, 4.69) is 5.32 Å². The van der Waals surface area contributed by atoms with Gasteiger partial charge in [-0.3, -0.25) is 4.79 Å². The van der Waals surface area contributed by atoms with Gasteiger partial charge in [-0.15, -0.1) is 0 Å². The van der Waals surface area contributed by atoms with Crippen molar-refractivity contribution >= 4 is 5.91 Å². The Hall–Kier alpha value is -1.25. The summed E-state index contributed by atoms with van der Waals surface area (Å²) >= 11 is 0. The maximum absolute atomic E-state index is 11.0. The van der Waals surface area contributed by atoms with Crippen LogP contribution >= 0.6 is 0 Å². The molecule has 0 radical (unpaired) electrons. The summed E-state index contributed by atoms with van der Waals surface area (Å²) in [7, 11) is 0. The lowest BCUT2D eigenvalue weighted by molar-refractivity contribution is -0.119. The molecule has 0 unspecified atom stereocenters. The Morgan fingerprint density at radius 2 is 2.50 bits per heavy atom. The monoisotopic (exact) mass is 165 g/mol. The standard InChI is InChI=1S/C9H11NO2/c1-6-7(5-9(11)10-6)8-3-2-4-12-8/h2-4,6-7H,5H2,1H3,(H,10,11)/t6-,7-/m1/s1. The van der Waals surface area contributed by atoms with E-state index >= 15 is 0 Å². The Kier molecular flexibility index (Phi) is 1.64. The highest BCUT2D eigenvalue weighted by Gasteiger charge is 2.31. The third-order valence-corrected chi connectivity index (χ3v) is 2.31. The quantitative estimate of drug-likeness (QED) is 0.681. The van der Waals surface area contributed by atoms with E-state index in [0.29, 0.717) is 6.42 Å². The molecule has 3 heteroatoms. The number of furan rings is 1. The van der Waals surface area contributed by atoms with Crippen molar-refractivity contribution in [2.24, 2.45) is 0 Å². The van der Waals surface area contributed by atoms with E-state index in [0.717, 1.165) is 5.76 Å². The third kappa shape index (κ3) is 1.11.